The quantitative estimate of drug-likeness (QED) is 0.481. The summed E-state index contributed by atoms with van der Waals surface area (Å²) in [5.41, 5.74) is 0.980. The summed E-state index contributed by atoms with van der Waals surface area (Å²) in [6, 6.07) is 11.9. The van der Waals surface area contributed by atoms with Gasteiger partial charge in [-0.3, -0.25) is 0 Å². The number of halogens is 3. The van der Waals surface area contributed by atoms with Gasteiger partial charge in [-0.1, -0.05) is 29.5 Å². The molecule has 0 bridgehead atoms. The molecule has 0 aliphatic rings. The molecule has 0 amide bonds. The lowest BCUT2D eigenvalue weighted by atomic mass is 10.1. The van der Waals surface area contributed by atoms with E-state index in [4.69, 9.17) is 4.74 Å². The van der Waals surface area contributed by atoms with Gasteiger partial charge in [0.2, 0.25) is 5.88 Å². The summed E-state index contributed by atoms with van der Waals surface area (Å²) in [6.45, 7) is 0. The summed E-state index contributed by atoms with van der Waals surface area (Å²) in [5, 5.41) is 3.76. The summed E-state index contributed by atoms with van der Waals surface area (Å²) in [7, 11) is 1.79. The minimum Gasteiger partial charge on any atom is -0.437 e. The average Bonchev–Trinajstić information content (AvgIpc) is 3.12. The maximum atomic E-state index is 12.7. The first-order valence-electron chi connectivity index (χ1n) is 8.19. The van der Waals surface area contributed by atoms with Gasteiger partial charge in [0.05, 0.1) is 16.0 Å². The second-order valence-corrected chi connectivity index (χ2v) is 6.82. The van der Waals surface area contributed by atoms with Crippen LogP contribution in [0.2, 0.25) is 0 Å². The number of anilines is 1. The molecule has 5 nitrogen and oxygen atoms in total. The Labute approximate surface area is 161 Å². The van der Waals surface area contributed by atoms with E-state index < -0.39 is 11.7 Å². The Hall–Kier alpha value is -3.20. The SMILES string of the molecule is CNc1nc2c(Oc3cc(-c4ccc(C(F)(F)F)cc4)ncn3)cccc2s1. The van der Waals surface area contributed by atoms with Crippen LogP contribution in [0.4, 0.5) is 18.3 Å². The molecule has 0 saturated heterocycles. The number of para-hydroxylation sites is 1. The van der Waals surface area contributed by atoms with E-state index in [0.29, 0.717) is 22.5 Å². The molecule has 0 aliphatic heterocycles. The highest BCUT2D eigenvalue weighted by atomic mass is 32.1. The van der Waals surface area contributed by atoms with Crippen molar-refractivity contribution in [3.63, 3.8) is 0 Å². The summed E-state index contributed by atoms with van der Waals surface area (Å²) < 4.78 is 45.0. The lowest BCUT2D eigenvalue weighted by Crippen LogP contribution is -2.04. The Bertz CT molecular complexity index is 1130. The zero-order chi connectivity index (χ0) is 19.7. The number of ether oxygens (including phenoxy) is 1. The van der Waals surface area contributed by atoms with Gasteiger partial charge in [-0.2, -0.15) is 13.2 Å². The molecule has 0 spiro atoms. The van der Waals surface area contributed by atoms with Gasteiger partial charge in [-0.05, 0) is 24.3 Å². The number of alkyl halides is 3. The Kier molecular flexibility index (Phi) is 4.60. The molecule has 0 unspecified atom stereocenters. The topological polar surface area (TPSA) is 59.9 Å². The van der Waals surface area contributed by atoms with Crippen molar-refractivity contribution < 1.29 is 17.9 Å². The van der Waals surface area contributed by atoms with Gasteiger partial charge in [0.1, 0.15) is 11.8 Å². The molecule has 0 aliphatic carbocycles. The van der Waals surface area contributed by atoms with E-state index in [-0.39, 0.29) is 5.88 Å². The lowest BCUT2D eigenvalue weighted by molar-refractivity contribution is -0.137. The predicted octanol–water partition coefficient (Wildman–Crippen LogP) is 5.61. The zero-order valence-corrected chi connectivity index (χ0v) is 15.3. The fourth-order valence-corrected chi connectivity index (χ4v) is 3.45. The molecule has 4 rings (SSSR count). The van der Waals surface area contributed by atoms with Crippen LogP contribution in [-0.4, -0.2) is 22.0 Å². The number of hydrogen-bond acceptors (Lipinski definition) is 6. The van der Waals surface area contributed by atoms with Crippen LogP contribution < -0.4 is 10.1 Å². The van der Waals surface area contributed by atoms with Gasteiger partial charge in [0, 0.05) is 18.7 Å². The number of nitrogens with one attached hydrogen (secondary N) is 1. The third-order valence-electron chi connectivity index (χ3n) is 3.96. The zero-order valence-electron chi connectivity index (χ0n) is 14.5. The Balaban J connectivity index is 1.64. The molecule has 2 aromatic carbocycles. The first-order valence-corrected chi connectivity index (χ1v) is 9.00. The smallest absolute Gasteiger partial charge is 0.416 e. The van der Waals surface area contributed by atoms with E-state index >= 15 is 0 Å². The van der Waals surface area contributed by atoms with Crippen LogP contribution in [0.3, 0.4) is 0 Å². The molecule has 0 radical (unpaired) electrons. The van der Waals surface area contributed by atoms with Crippen LogP contribution in [-0.2, 0) is 6.18 Å². The normalized spacial score (nSPS) is 11.6. The number of fused-ring (bicyclic) bond motifs is 1. The van der Waals surface area contributed by atoms with Crippen LogP contribution in [0.15, 0.2) is 54.9 Å². The molecular weight excluding hydrogens is 389 g/mol. The van der Waals surface area contributed by atoms with Crippen molar-refractivity contribution in [3.05, 3.63) is 60.4 Å². The minimum absolute atomic E-state index is 0.274. The summed E-state index contributed by atoms with van der Waals surface area (Å²) in [5.74, 6) is 0.809. The second-order valence-electron chi connectivity index (χ2n) is 5.79. The molecule has 142 valence electrons. The van der Waals surface area contributed by atoms with Crippen LogP contribution in [0.1, 0.15) is 5.56 Å². The molecule has 1 N–H and O–H groups in total. The van der Waals surface area contributed by atoms with Crippen molar-refractivity contribution >= 4 is 26.7 Å². The molecule has 0 atom stereocenters. The molecule has 0 fully saturated rings. The summed E-state index contributed by atoms with van der Waals surface area (Å²) in [4.78, 5) is 12.7. The molecule has 0 saturated carbocycles. The largest absolute Gasteiger partial charge is 0.437 e. The fourth-order valence-electron chi connectivity index (χ4n) is 2.61. The Morgan fingerprint density at radius 3 is 2.54 bits per heavy atom. The van der Waals surface area contributed by atoms with Gasteiger partial charge in [0.25, 0.3) is 0 Å². The van der Waals surface area contributed by atoms with E-state index in [1.54, 1.807) is 19.2 Å². The van der Waals surface area contributed by atoms with Gasteiger partial charge in [0.15, 0.2) is 10.9 Å². The van der Waals surface area contributed by atoms with Crippen LogP contribution in [0.5, 0.6) is 11.6 Å². The monoisotopic (exact) mass is 402 g/mol. The highest BCUT2D eigenvalue weighted by Gasteiger charge is 2.30. The number of benzene rings is 2. The van der Waals surface area contributed by atoms with E-state index in [1.165, 1.54) is 29.8 Å². The van der Waals surface area contributed by atoms with Gasteiger partial charge in [-0.25, -0.2) is 15.0 Å². The van der Waals surface area contributed by atoms with Gasteiger partial charge >= 0.3 is 6.18 Å². The van der Waals surface area contributed by atoms with Crippen molar-refractivity contribution in [3.8, 4) is 22.9 Å². The third kappa shape index (κ3) is 3.61. The maximum absolute atomic E-state index is 12.7. The molecule has 9 heteroatoms. The van der Waals surface area contributed by atoms with Crippen LogP contribution >= 0.6 is 11.3 Å². The summed E-state index contributed by atoms with van der Waals surface area (Å²) >= 11 is 1.50. The molecule has 2 aromatic heterocycles. The van der Waals surface area contributed by atoms with Crippen molar-refractivity contribution in [1.29, 1.82) is 0 Å². The highest BCUT2D eigenvalue weighted by molar-refractivity contribution is 7.22. The number of rotatable bonds is 4. The minimum atomic E-state index is -4.38. The number of nitrogens with zero attached hydrogens (tertiary/aromatic N) is 3. The lowest BCUT2D eigenvalue weighted by Gasteiger charge is -2.09. The summed E-state index contributed by atoms with van der Waals surface area (Å²) in [6.07, 6.45) is -3.07. The van der Waals surface area contributed by atoms with Crippen LogP contribution in [0.25, 0.3) is 21.5 Å². The maximum Gasteiger partial charge on any atom is 0.416 e. The second kappa shape index (κ2) is 7.08. The van der Waals surface area contributed by atoms with Crippen molar-refractivity contribution in [2.75, 3.05) is 12.4 Å². The van der Waals surface area contributed by atoms with E-state index in [9.17, 15) is 13.2 Å². The fraction of sp³-hybridized carbons (Fsp3) is 0.105. The van der Waals surface area contributed by atoms with E-state index in [1.807, 2.05) is 12.1 Å². The molecule has 28 heavy (non-hydrogen) atoms. The highest BCUT2D eigenvalue weighted by Crippen LogP contribution is 2.35. The van der Waals surface area contributed by atoms with Crippen LogP contribution in [0, 0.1) is 0 Å². The molecule has 2 heterocycles. The molecule has 4 aromatic rings. The van der Waals surface area contributed by atoms with Crippen molar-refractivity contribution in [2.45, 2.75) is 6.18 Å². The van der Waals surface area contributed by atoms with Crippen molar-refractivity contribution in [1.82, 2.24) is 15.0 Å². The van der Waals surface area contributed by atoms with E-state index in [0.717, 1.165) is 22.0 Å². The first kappa shape index (κ1) is 18.2. The Morgan fingerprint density at radius 1 is 1.04 bits per heavy atom. The van der Waals surface area contributed by atoms with Gasteiger partial charge < -0.3 is 10.1 Å². The van der Waals surface area contributed by atoms with Crippen molar-refractivity contribution in [2.24, 2.45) is 0 Å². The number of hydrogen-bond donors (Lipinski definition) is 1. The standard InChI is InChI=1S/C19H13F3N4OS/c1-23-18-26-17-14(3-2-4-15(17)28-18)27-16-9-13(24-10-25-16)11-5-7-12(8-6-11)19(20,21)22/h2-10H,1H3,(H,23,26). The predicted molar refractivity (Wildman–Crippen MR) is 102 cm³/mol. The number of aromatic nitrogens is 3. The Morgan fingerprint density at radius 2 is 1.82 bits per heavy atom. The van der Waals surface area contributed by atoms with E-state index in [2.05, 4.69) is 20.3 Å². The number of thiazole rings is 1. The first-order chi connectivity index (χ1) is 13.4. The third-order valence-corrected chi connectivity index (χ3v) is 5.00. The average molecular weight is 402 g/mol. The molecular formula is C19H13F3N4OS. The van der Waals surface area contributed by atoms with Gasteiger partial charge in [-0.15, -0.1) is 0 Å².